The van der Waals surface area contributed by atoms with E-state index in [-0.39, 0.29) is 11.5 Å². The van der Waals surface area contributed by atoms with E-state index in [1.54, 1.807) is 6.07 Å². The lowest BCUT2D eigenvalue weighted by Gasteiger charge is -2.17. The van der Waals surface area contributed by atoms with Crippen LogP contribution in [0.2, 0.25) is 0 Å². The fourth-order valence-corrected chi connectivity index (χ4v) is 1.78. The standard InChI is InChI=1S/C12H21N5O2/c1-3-16(4-2)9-5-8-14-11-7-6-10(17(18)19)12(13)15-11/h6-7H,3-5,8-9H2,1-2H3,(H3,13,14,15). The number of nitrogen functional groups attached to an aromatic ring is 1. The second kappa shape index (κ2) is 7.52. The van der Waals surface area contributed by atoms with Crippen LogP contribution < -0.4 is 11.1 Å². The number of nitrogens with two attached hydrogens (primary N) is 1. The smallest absolute Gasteiger partial charge is 0.311 e. The Balaban J connectivity index is 2.42. The van der Waals surface area contributed by atoms with E-state index in [4.69, 9.17) is 5.73 Å². The molecule has 0 atom stereocenters. The van der Waals surface area contributed by atoms with Gasteiger partial charge in [0.2, 0.25) is 5.82 Å². The fraction of sp³-hybridized carbons (Fsp3) is 0.583. The van der Waals surface area contributed by atoms with Crippen LogP contribution in [-0.4, -0.2) is 41.0 Å². The van der Waals surface area contributed by atoms with Crippen LogP contribution in [0.25, 0.3) is 0 Å². The molecule has 0 unspecified atom stereocenters. The quantitative estimate of drug-likeness (QED) is 0.423. The second-order valence-electron chi connectivity index (χ2n) is 4.17. The van der Waals surface area contributed by atoms with Crippen LogP contribution in [0.5, 0.6) is 0 Å². The van der Waals surface area contributed by atoms with E-state index in [0.29, 0.717) is 5.82 Å². The zero-order valence-electron chi connectivity index (χ0n) is 11.4. The molecule has 0 spiro atoms. The number of hydrogen-bond acceptors (Lipinski definition) is 6. The Bertz CT molecular complexity index is 421. The third-order valence-electron chi connectivity index (χ3n) is 2.95. The molecule has 0 radical (unpaired) electrons. The maximum atomic E-state index is 10.6. The second-order valence-corrected chi connectivity index (χ2v) is 4.17. The van der Waals surface area contributed by atoms with Crippen LogP contribution in [0, 0.1) is 10.1 Å². The first-order valence-electron chi connectivity index (χ1n) is 6.45. The summed E-state index contributed by atoms with van der Waals surface area (Å²) in [5.74, 6) is 0.515. The van der Waals surface area contributed by atoms with Gasteiger partial charge >= 0.3 is 5.69 Å². The zero-order chi connectivity index (χ0) is 14.3. The maximum absolute atomic E-state index is 10.6. The minimum Gasteiger partial charge on any atom is -0.378 e. The van der Waals surface area contributed by atoms with E-state index >= 15 is 0 Å². The van der Waals surface area contributed by atoms with Gasteiger partial charge in [-0.1, -0.05) is 13.8 Å². The minimum atomic E-state index is -0.535. The first kappa shape index (κ1) is 15.2. The number of nitro groups is 1. The van der Waals surface area contributed by atoms with Crippen molar-refractivity contribution in [2.24, 2.45) is 0 Å². The first-order valence-corrected chi connectivity index (χ1v) is 6.45. The van der Waals surface area contributed by atoms with Gasteiger partial charge < -0.3 is 16.0 Å². The van der Waals surface area contributed by atoms with Gasteiger partial charge in [-0.2, -0.15) is 0 Å². The molecule has 0 bridgehead atoms. The molecule has 1 aromatic heterocycles. The summed E-state index contributed by atoms with van der Waals surface area (Å²) >= 11 is 0. The van der Waals surface area contributed by atoms with Gasteiger partial charge in [0.1, 0.15) is 5.82 Å². The monoisotopic (exact) mass is 267 g/mol. The van der Waals surface area contributed by atoms with Gasteiger partial charge in [-0.05, 0) is 32.1 Å². The molecule has 0 fully saturated rings. The van der Waals surface area contributed by atoms with E-state index in [9.17, 15) is 10.1 Å². The molecule has 3 N–H and O–H groups in total. The van der Waals surface area contributed by atoms with Gasteiger partial charge in [0.05, 0.1) is 4.92 Å². The minimum absolute atomic E-state index is 0.0567. The molecule has 19 heavy (non-hydrogen) atoms. The van der Waals surface area contributed by atoms with Gasteiger partial charge in [-0.25, -0.2) is 4.98 Å². The summed E-state index contributed by atoms with van der Waals surface area (Å²) in [6.07, 6.45) is 0.986. The molecule has 0 saturated carbocycles. The molecule has 0 amide bonds. The lowest BCUT2D eigenvalue weighted by Crippen LogP contribution is -2.25. The molecule has 106 valence electrons. The summed E-state index contributed by atoms with van der Waals surface area (Å²) in [5, 5.41) is 13.7. The number of rotatable bonds is 8. The predicted octanol–water partition coefficient (Wildman–Crippen LogP) is 1.72. The molecule has 1 rings (SSSR count). The molecule has 0 aliphatic rings. The summed E-state index contributed by atoms with van der Waals surface area (Å²) in [5.41, 5.74) is 5.36. The van der Waals surface area contributed by atoms with Crippen molar-refractivity contribution >= 4 is 17.3 Å². The van der Waals surface area contributed by atoms with Crippen LogP contribution in [-0.2, 0) is 0 Å². The highest BCUT2D eigenvalue weighted by Crippen LogP contribution is 2.20. The molecule has 0 aliphatic carbocycles. The Kier molecular flexibility index (Phi) is 6.01. The number of hydrogen-bond donors (Lipinski definition) is 2. The Labute approximate surface area is 113 Å². The zero-order valence-corrected chi connectivity index (χ0v) is 11.4. The lowest BCUT2D eigenvalue weighted by atomic mass is 10.3. The number of aromatic nitrogens is 1. The first-order chi connectivity index (χ1) is 9.08. The molecule has 1 heterocycles. The molecule has 0 aliphatic heterocycles. The summed E-state index contributed by atoms with van der Waals surface area (Å²) in [4.78, 5) is 16.4. The van der Waals surface area contributed by atoms with E-state index in [1.807, 2.05) is 0 Å². The number of nitrogens with one attached hydrogen (secondary N) is 1. The van der Waals surface area contributed by atoms with Crippen molar-refractivity contribution in [2.45, 2.75) is 20.3 Å². The van der Waals surface area contributed by atoms with Gasteiger partial charge in [0.25, 0.3) is 0 Å². The number of nitrogens with zero attached hydrogens (tertiary/aromatic N) is 3. The fourth-order valence-electron chi connectivity index (χ4n) is 1.78. The summed E-state index contributed by atoms with van der Waals surface area (Å²) in [7, 11) is 0. The highest BCUT2D eigenvalue weighted by molar-refractivity contribution is 5.57. The van der Waals surface area contributed by atoms with Gasteiger partial charge in [0.15, 0.2) is 0 Å². The summed E-state index contributed by atoms with van der Waals surface area (Å²) in [6.45, 7) is 8.13. The molecule has 0 saturated heterocycles. The summed E-state index contributed by atoms with van der Waals surface area (Å²) in [6, 6.07) is 2.95. The maximum Gasteiger partial charge on any atom is 0.311 e. The molecule has 7 nitrogen and oxygen atoms in total. The van der Waals surface area contributed by atoms with Gasteiger partial charge in [-0.3, -0.25) is 10.1 Å². The van der Waals surface area contributed by atoms with Crippen molar-refractivity contribution in [1.82, 2.24) is 9.88 Å². The van der Waals surface area contributed by atoms with E-state index < -0.39 is 4.92 Å². The van der Waals surface area contributed by atoms with Crippen LogP contribution >= 0.6 is 0 Å². The predicted molar refractivity (Wildman–Crippen MR) is 76.2 cm³/mol. The number of anilines is 2. The average molecular weight is 267 g/mol. The Hall–Kier alpha value is -1.89. The van der Waals surface area contributed by atoms with Crippen molar-refractivity contribution in [3.63, 3.8) is 0 Å². The number of pyridine rings is 1. The van der Waals surface area contributed by atoms with Crippen molar-refractivity contribution in [1.29, 1.82) is 0 Å². The molecule has 7 heteroatoms. The SMILES string of the molecule is CCN(CC)CCCNc1ccc([N+](=O)[O-])c(N)n1. The Morgan fingerprint density at radius 3 is 2.63 bits per heavy atom. The van der Waals surface area contributed by atoms with Crippen molar-refractivity contribution in [3.8, 4) is 0 Å². The van der Waals surface area contributed by atoms with E-state index in [1.165, 1.54) is 6.07 Å². The molecular weight excluding hydrogens is 246 g/mol. The van der Waals surface area contributed by atoms with Gasteiger partial charge in [-0.15, -0.1) is 0 Å². The van der Waals surface area contributed by atoms with Crippen molar-refractivity contribution in [3.05, 3.63) is 22.2 Å². The van der Waals surface area contributed by atoms with Crippen LogP contribution in [0.4, 0.5) is 17.3 Å². The highest BCUT2D eigenvalue weighted by Gasteiger charge is 2.12. The molecule has 0 aromatic carbocycles. The van der Waals surface area contributed by atoms with Crippen molar-refractivity contribution in [2.75, 3.05) is 37.2 Å². The Morgan fingerprint density at radius 1 is 1.42 bits per heavy atom. The summed E-state index contributed by atoms with van der Waals surface area (Å²) < 4.78 is 0. The topological polar surface area (TPSA) is 97.3 Å². The average Bonchev–Trinajstić information content (AvgIpc) is 2.38. The lowest BCUT2D eigenvalue weighted by molar-refractivity contribution is -0.384. The van der Waals surface area contributed by atoms with Crippen LogP contribution in [0.1, 0.15) is 20.3 Å². The van der Waals surface area contributed by atoms with Crippen molar-refractivity contribution < 1.29 is 4.92 Å². The molecule has 1 aromatic rings. The third-order valence-corrected chi connectivity index (χ3v) is 2.95. The van der Waals surface area contributed by atoms with E-state index in [0.717, 1.165) is 32.6 Å². The highest BCUT2D eigenvalue weighted by atomic mass is 16.6. The Morgan fingerprint density at radius 2 is 2.11 bits per heavy atom. The van der Waals surface area contributed by atoms with Crippen LogP contribution in [0.3, 0.4) is 0 Å². The normalized spacial score (nSPS) is 10.7. The third kappa shape index (κ3) is 4.70. The van der Waals surface area contributed by atoms with Gasteiger partial charge in [0, 0.05) is 12.6 Å². The molecular formula is C12H21N5O2. The van der Waals surface area contributed by atoms with E-state index in [2.05, 4.69) is 29.0 Å². The van der Waals surface area contributed by atoms with Crippen LogP contribution in [0.15, 0.2) is 12.1 Å². The largest absolute Gasteiger partial charge is 0.378 e.